The number of aliphatic hydroxyl groups is 3. The zero-order chi connectivity index (χ0) is 35.7. The van der Waals surface area contributed by atoms with Crippen molar-refractivity contribution in [2.24, 2.45) is 10.9 Å². The Hall–Kier alpha value is -4.90. The predicted octanol–water partition coefficient (Wildman–Crippen LogP) is 0.837. The number of hydroxylamine groups is 2. The van der Waals surface area contributed by atoms with Crippen molar-refractivity contribution in [3.63, 3.8) is 0 Å². The maximum atomic E-state index is 13.4. The van der Waals surface area contributed by atoms with E-state index < -0.39 is 61.3 Å². The molecule has 15 heteroatoms. The number of carbonyl (C=O) groups excluding carboxylic acids is 1. The lowest BCUT2D eigenvalue weighted by atomic mass is 9.77. The Morgan fingerprint density at radius 3 is 2.62 bits per heavy atom. The van der Waals surface area contributed by atoms with Gasteiger partial charge in [0, 0.05) is 17.9 Å². The number of aliphatic hydroxyl groups excluding tert-OH is 2. The van der Waals surface area contributed by atoms with E-state index >= 15 is 0 Å². The molecule has 6 N–H and O–H groups in total. The van der Waals surface area contributed by atoms with Crippen molar-refractivity contribution in [1.29, 1.82) is 0 Å². The average molecular weight is 694 g/mol. The molecule has 1 fully saturated rings. The quantitative estimate of drug-likeness (QED) is 0.115. The van der Waals surface area contributed by atoms with Crippen LogP contribution in [-0.2, 0) is 23.9 Å². The highest BCUT2D eigenvalue weighted by molar-refractivity contribution is 5.90. The number of rotatable bonds is 12. The van der Waals surface area contributed by atoms with E-state index in [1.165, 1.54) is 36.6 Å². The summed E-state index contributed by atoms with van der Waals surface area (Å²) in [5, 5.41) is 54.5. The van der Waals surface area contributed by atoms with Crippen LogP contribution in [0.2, 0.25) is 0 Å². The molecule has 3 aromatic rings. The number of ether oxygens (including phenoxy) is 3. The largest absolute Gasteiger partial charge is 0.508 e. The van der Waals surface area contributed by atoms with Crippen molar-refractivity contribution >= 4 is 29.1 Å². The number of benzene rings is 2. The molecular formula is C35H37N2O13+. The van der Waals surface area contributed by atoms with Crippen LogP contribution in [0.3, 0.4) is 0 Å². The minimum atomic E-state index is -2.47. The average Bonchev–Trinajstić information content (AvgIpc) is 3.66. The number of carbonyl (C=O) groups is 2. The number of aromatic hydroxyl groups is 1. The van der Waals surface area contributed by atoms with Gasteiger partial charge in [-0.1, -0.05) is 26.0 Å². The van der Waals surface area contributed by atoms with Crippen LogP contribution >= 0.6 is 0 Å². The third-order valence-electron chi connectivity index (χ3n) is 8.71. The molecule has 0 aliphatic carbocycles. The van der Waals surface area contributed by atoms with E-state index in [0.29, 0.717) is 22.9 Å². The number of aliphatic carboxylic acids is 1. The number of esters is 1. The number of nitrogens with zero attached hydrogens (tertiary/aromatic N) is 1. The van der Waals surface area contributed by atoms with E-state index in [0.717, 1.165) is 5.57 Å². The maximum Gasteiger partial charge on any atom is 0.317 e. The van der Waals surface area contributed by atoms with E-state index in [1.807, 2.05) is 13.8 Å². The van der Waals surface area contributed by atoms with Gasteiger partial charge in [0.05, 0.1) is 17.1 Å². The molecule has 15 nitrogen and oxygen atoms in total. The van der Waals surface area contributed by atoms with Gasteiger partial charge in [-0.2, -0.15) is 9.90 Å². The Balaban J connectivity index is 1.35. The number of fused-ring (bicyclic) bond motifs is 2. The normalized spacial score (nSPS) is 26.4. The molecule has 50 heavy (non-hydrogen) atoms. The van der Waals surface area contributed by atoms with E-state index in [4.69, 9.17) is 28.6 Å². The lowest BCUT2D eigenvalue weighted by Gasteiger charge is -2.50. The van der Waals surface area contributed by atoms with Crippen LogP contribution in [0.4, 0.5) is 0 Å². The fourth-order valence-electron chi connectivity index (χ4n) is 6.19. The molecule has 6 rings (SSSR count). The summed E-state index contributed by atoms with van der Waals surface area (Å²) in [5.41, 5.74) is -0.358. The molecular weight excluding hydrogens is 656 g/mol. The number of hydrogen-bond donors (Lipinski definition) is 6. The van der Waals surface area contributed by atoms with Crippen molar-refractivity contribution in [3.8, 4) is 22.6 Å². The smallest absolute Gasteiger partial charge is 0.317 e. The molecule has 1 unspecified atom stereocenters. The fraction of sp³-hybridized carbons (Fsp3) is 0.371. The van der Waals surface area contributed by atoms with Crippen LogP contribution in [0.1, 0.15) is 26.7 Å². The molecule has 0 saturated carbocycles. The van der Waals surface area contributed by atoms with Gasteiger partial charge in [-0.25, -0.2) is 0 Å². The summed E-state index contributed by atoms with van der Waals surface area (Å²) in [6.07, 6.45) is -2.71. The molecule has 0 spiro atoms. The summed E-state index contributed by atoms with van der Waals surface area (Å²) >= 11 is 0. The van der Waals surface area contributed by atoms with Gasteiger partial charge in [-0.15, -0.1) is 0 Å². The van der Waals surface area contributed by atoms with Gasteiger partial charge in [-0.3, -0.25) is 19.4 Å². The molecule has 0 amide bonds. The van der Waals surface area contributed by atoms with Crippen LogP contribution in [0.25, 0.3) is 22.1 Å². The Labute approximate surface area is 284 Å². The first-order valence-electron chi connectivity index (χ1n) is 15.9. The monoisotopic (exact) mass is 693 g/mol. The molecule has 4 heterocycles. The van der Waals surface area contributed by atoms with Gasteiger partial charge >= 0.3 is 11.9 Å². The molecule has 1 aromatic heterocycles. The van der Waals surface area contributed by atoms with E-state index in [1.54, 1.807) is 30.6 Å². The summed E-state index contributed by atoms with van der Waals surface area (Å²) in [7, 11) is 0. The lowest BCUT2D eigenvalue weighted by Crippen LogP contribution is -3.07. The Morgan fingerprint density at radius 2 is 1.92 bits per heavy atom. The van der Waals surface area contributed by atoms with E-state index in [9.17, 15) is 34.8 Å². The standard InChI is InChI=1S/C35H36N2O13/c1-18(2)11-28(39)35(45)32(44)27(17-47-30(42)13-29(40)41)49-34(33(35)50-37-14-20-9-10-36-25(20)15-37)48-22-7-8-23-26(12-22)46-16-24(31(23)43)19-3-5-21(38)6-4-19/h3-10,12,15-16,18,27-28,32-34,38-39,44-45H,11,13-14,17H2,1-2H3,(H,40,41)/p+1/t27-,28-,32-,33+,34-,35+/m0/s1. The third kappa shape index (κ3) is 7.05. The second kappa shape index (κ2) is 14.1. The highest BCUT2D eigenvalue weighted by Crippen LogP contribution is 2.38. The number of phenols is 1. The summed E-state index contributed by atoms with van der Waals surface area (Å²) in [4.78, 5) is 47.1. The van der Waals surface area contributed by atoms with Crippen LogP contribution in [-0.4, -0.2) is 93.1 Å². The Morgan fingerprint density at radius 1 is 1.16 bits per heavy atom. The molecule has 0 radical (unpaired) electrons. The van der Waals surface area contributed by atoms with Crippen molar-refractivity contribution in [1.82, 2.24) is 0 Å². The third-order valence-corrected chi connectivity index (χ3v) is 8.71. The molecule has 0 bridgehead atoms. The van der Waals surface area contributed by atoms with Crippen molar-refractivity contribution < 1.29 is 63.7 Å². The SMILES string of the molecule is CC(C)C[C@H](O)[C@]1(O)[C@H](O[NH+]2C=C3N=CC=C3C2)[C@@H](Oc2ccc3c(=O)c(-c4ccc(O)cc4)coc3c2)O[C@@H](COC(=O)CC(=O)O)[C@@H]1O. The second-order valence-corrected chi connectivity index (χ2v) is 12.8. The van der Waals surface area contributed by atoms with Crippen molar-refractivity contribution in [3.05, 3.63) is 82.5 Å². The summed E-state index contributed by atoms with van der Waals surface area (Å²) in [6.45, 7) is 3.23. The molecule has 7 atom stereocenters. The first-order chi connectivity index (χ1) is 23.8. The zero-order valence-electron chi connectivity index (χ0n) is 27.1. The lowest BCUT2D eigenvalue weighted by molar-refractivity contribution is -1.05. The summed E-state index contributed by atoms with van der Waals surface area (Å²) in [6, 6.07) is 10.4. The van der Waals surface area contributed by atoms with Crippen LogP contribution < -0.4 is 15.2 Å². The number of hydrogen-bond acceptors (Lipinski definition) is 13. The highest BCUT2D eigenvalue weighted by atomic mass is 16.8. The highest BCUT2D eigenvalue weighted by Gasteiger charge is 2.63. The van der Waals surface area contributed by atoms with E-state index in [-0.39, 0.29) is 45.8 Å². The van der Waals surface area contributed by atoms with Crippen LogP contribution in [0.5, 0.6) is 11.5 Å². The minimum absolute atomic E-state index is 0.0159. The first-order valence-corrected chi connectivity index (χ1v) is 15.9. The number of phenolic OH excluding ortho intramolecular Hbond substituents is 1. The van der Waals surface area contributed by atoms with E-state index in [2.05, 4.69) is 4.99 Å². The number of quaternary nitrogens is 1. The zero-order valence-corrected chi connectivity index (χ0v) is 27.1. The topological polar surface area (TPSA) is 219 Å². The molecule has 3 aliphatic heterocycles. The number of carboxylic acids is 1. The molecule has 2 aromatic carbocycles. The number of carboxylic acid groups (broad SMARTS) is 1. The predicted molar refractivity (Wildman–Crippen MR) is 174 cm³/mol. The van der Waals surface area contributed by atoms with Gasteiger partial charge in [0.25, 0.3) is 0 Å². The molecule has 264 valence electrons. The minimum Gasteiger partial charge on any atom is -0.508 e. The van der Waals surface area contributed by atoms with Gasteiger partial charge in [-0.05, 0) is 48.2 Å². The number of allylic oxidation sites excluding steroid dienone is 1. The van der Waals surface area contributed by atoms with Crippen LogP contribution in [0, 0.1) is 5.92 Å². The number of nitrogens with one attached hydrogen (secondary N) is 1. The molecule has 3 aliphatic rings. The second-order valence-electron chi connectivity index (χ2n) is 12.8. The van der Waals surface area contributed by atoms with Gasteiger partial charge in [0.2, 0.25) is 12.4 Å². The van der Waals surface area contributed by atoms with Crippen molar-refractivity contribution in [2.75, 3.05) is 13.2 Å². The van der Waals surface area contributed by atoms with Crippen LogP contribution in [0.15, 0.2) is 86.5 Å². The van der Waals surface area contributed by atoms with Gasteiger partial charge in [0.15, 0.2) is 17.2 Å². The molecule has 1 saturated heterocycles. The van der Waals surface area contributed by atoms with Gasteiger partial charge in [0.1, 0.15) is 60.8 Å². The van der Waals surface area contributed by atoms with Crippen molar-refractivity contribution in [2.45, 2.75) is 63.0 Å². The maximum absolute atomic E-state index is 13.4. The fourth-order valence-corrected chi connectivity index (χ4v) is 6.19. The summed E-state index contributed by atoms with van der Waals surface area (Å²) in [5.74, 6) is -2.55. The number of aliphatic imine (C=N–C) groups is 1. The Bertz CT molecular complexity index is 1920. The van der Waals surface area contributed by atoms with Gasteiger partial charge < -0.3 is 44.2 Å². The first kappa shape index (κ1) is 34.9. The summed E-state index contributed by atoms with van der Waals surface area (Å²) < 4.78 is 23.1. The Kier molecular flexibility index (Phi) is 9.89.